The number of piperidine rings is 1. The maximum Gasteiger partial charge on any atom is 0.407 e. The first-order valence-corrected chi connectivity index (χ1v) is 8.83. The Bertz CT molecular complexity index is 632. The average Bonchev–Trinajstić information content (AvgIpc) is 2.98. The van der Waals surface area contributed by atoms with Gasteiger partial charge >= 0.3 is 6.09 Å². The summed E-state index contributed by atoms with van der Waals surface area (Å²) in [6.07, 6.45) is 1.87. The number of ether oxygens (including phenoxy) is 1. The van der Waals surface area contributed by atoms with E-state index in [-0.39, 0.29) is 29.9 Å². The Morgan fingerprint density at radius 2 is 1.96 bits per heavy atom. The molecule has 2 amide bonds. The van der Waals surface area contributed by atoms with Gasteiger partial charge in [0.1, 0.15) is 5.82 Å². The minimum absolute atomic E-state index is 0.0399. The van der Waals surface area contributed by atoms with Gasteiger partial charge in [0, 0.05) is 25.7 Å². The lowest BCUT2D eigenvalue weighted by atomic mass is 10.0. The molecule has 0 aliphatic carbocycles. The molecule has 0 radical (unpaired) electrons. The molecule has 1 aromatic rings. The summed E-state index contributed by atoms with van der Waals surface area (Å²) in [7, 11) is 0. The summed E-state index contributed by atoms with van der Waals surface area (Å²) < 4.78 is 18.9. The standard InChI is InChI=1S/C18H24FN3O3/c1-2-25-18(24)20-13-7-10-21(11-8-13)16-9-12-22(17(16)23)15-6-4-3-5-14(15)19/h3-6,13,16H,2,7-12H2,1H3,(H,20,24)/t16-/m0/s1. The number of likely N-dealkylation sites (tertiary alicyclic amines) is 1. The second-order valence-electron chi connectivity index (χ2n) is 6.42. The molecule has 25 heavy (non-hydrogen) atoms. The lowest BCUT2D eigenvalue weighted by Crippen LogP contribution is -2.50. The number of anilines is 1. The Labute approximate surface area is 146 Å². The molecular formula is C18H24FN3O3. The SMILES string of the molecule is CCOC(=O)NC1CCN([C@H]2CCN(c3ccccc3F)C2=O)CC1. The molecule has 0 saturated carbocycles. The predicted octanol–water partition coefficient (Wildman–Crippen LogP) is 2.14. The first-order valence-electron chi connectivity index (χ1n) is 8.83. The summed E-state index contributed by atoms with van der Waals surface area (Å²) in [6, 6.07) is 6.26. The number of hydrogen-bond acceptors (Lipinski definition) is 4. The number of carbonyl (C=O) groups is 2. The van der Waals surface area contributed by atoms with Crippen LogP contribution >= 0.6 is 0 Å². The summed E-state index contributed by atoms with van der Waals surface area (Å²) >= 11 is 0. The number of rotatable bonds is 4. The van der Waals surface area contributed by atoms with E-state index in [2.05, 4.69) is 10.2 Å². The highest BCUT2D eigenvalue weighted by Crippen LogP contribution is 2.28. The van der Waals surface area contributed by atoms with Gasteiger partial charge in [0.05, 0.1) is 18.3 Å². The van der Waals surface area contributed by atoms with Crippen molar-refractivity contribution in [3.05, 3.63) is 30.1 Å². The minimum atomic E-state index is -0.386. The number of nitrogens with zero attached hydrogens (tertiary/aromatic N) is 2. The molecule has 0 unspecified atom stereocenters. The van der Waals surface area contributed by atoms with Crippen LogP contribution < -0.4 is 10.2 Å². The first kappa shape index (κ1) is 17.7. The molecule has 0 aromatic heterocycles. The number of para-hydroxylation sites is 1. The molecule has 2 aliphatic rings. The molecule has 2 aliphatic heterocycles. The topological polar surface area (TPSA) is 61.9 Å². The predicted molar refractivity (Wildman–Crippen MR) is 91.9 cm³/mol. The van der Waals surface area contributed by atoms with E-state index < -0.39 is 0 Å². The fourth-order valence-electron chi connectivity index (χ4n) is 3.61. The fourth-order valence-corrected chi connectivity index (χ4v) is 3.61. The van der Waals surface area contributed by atoms with Crippen LogP contribution in [0.5, 0.6) is 0 Å². The Balaban J connectivity index is 1.55. The Kier molecular flexibility index (Phi) is 5.53. The van der Waals surface area contributed by atoms with Crippen molar-refractivity contribution < 1.29 is 18.7 Å². The highest BCUT2D eigenvalue weighted by atomic mass is 19.1. The van der Waals surface area contributed by atoms with E-state index in [1.54, 1.807) is 30.0 Å². The van der Waals surface area contributed by atoms with Crippen molar-refractivity contribution in [2.45, 2.75) is 38.3 Å². The smallest absolute Gasteiger partial charge is 0.407 e. The van der Waals surface area contributed by atoms with Crippen LogP contribution in [0.1, 0.15) is 26.2 Å². The van der Waals surface area contributed by atoms with Crippen LogP contribution in [-0.4, -0.2) is 55.2 Å². The van der Waals surface area contributed by atoms with Crippen LogP contribution in [-0.2, 0) is 9.53 Å². The van der Waals surface area contributed by atoms with Gasteiger partial charge in [0.25, 0.3) is 0 Å². The average molecular weight is 349 g/mol. The zero-order valence-electron chi connectivity index (χ0n) is 14.4. The van der Waals surface area contributed by atoms with E-state index in [1.807, 2.05) is 0 Å². The molecule has 136 valence electrons. The highest BCUT2D eigenvalue weighted by Gasteiger charge is 2.38. The van der Waals surface area contributed by atoms with Crippen molar-refractivity contribution in [2.24, 2.45) is 0 Å². The highest BCUT2D eigenvalue weighted by molar-refractivity contribution is 5.99. The van der Waals surface area contributed by atoms with Gasteiger partial charge in [0.2, 0.25) is 5.91 Å². The molecule has 1 aromatic carbocycles. The molecule has 2 fully saturated rings. The van der Waals surface area contributed by atoms with Gasteiger partial charge in [-0.1, -0.05) is 12.1 Å². The fraction of sp³-hybridized carbons (Fsp3) is 0.556. The third-order valence-electron chi connectivity index (χ3n) is 4.89. The van der Waals surface area contributed by atoms with Crippen molar-refractivity contribution in [2.75, 3.05) is 31.1 Å². The summed E-state index contributed by atoms with van der Waals surface area (Å²) in [5.74, 6) is -0.407. The third kappa shape index (κ3) is 3.92. The van der Waals surface area contributed by atoms with E-state index >= 15 is 0 Å². The van der Waals surface area contributed by atoms with Crippen LogP contribution in [0, 0.1) is 5.82 Å². The van der Waals surface area contributed by atoms with Gasteiger partial charge in [-0.15, -0.1) is 0 Å². The van der Waals surface area contributed by atoms with Crippen LogP contribution in [0.15, 0.2) is 24.3 Å². The Hall–Kier alpha value is -2.15. The molecular weight excluding hydrogens is 325 g/mol. The molecule has 2 saturated heterocycles. The zero-order chi connectivity index (χ0) is 17.8. The molecule has 0 bridgehead atoms. The van der Waals surface area contributed by atoms with Gasteiger partial charge in [-0.05, 0) is 38.3 Å². The second kappa shape index (κ2) is 7.82. The Morgan fingerprint density at radius 3 is 2.64 bits per heavy atom. The van der Waals surface area contributed by atoms with Gasteiger partial charge < -0.3 is 15.0 Å². The molecule has 1 N–H and O–H groups in total. The Morgan fingerprint density at radius 1 is 1.24 bits per heavy atom. The van der Waals surface area contributed by atoms with E-state index in [4.69, 9.17) is 4.74 Å². The maximum atomic E-state index is 14.0. The largest absolute Gasteiger partial charge is 0.450 e. The zero-order valence-corrected chi connectivity index (χ0v) is 14.4. The number of carbonyl (C=O) groups excluding carboxylic acids is 2. The van der Waals surface area contributed by atoms with Gasteiger partial charge in [-0.3, -0.25) is 9.69 Å². The maximum absolute atomic E-state index is 14.0. The van der Waals surface area contributed by atoms with Crippen LogP contribution in [0.3, 0.4) is 0 Å². The van der Waals surface area contributed by atoms with Crippen LogP contribution in [0.4, 0.5) is 14.9 Å². The molecule has 1 atom stereocenters. The number of nitrogens with one attached hydrogen (secondary N) is 1. The quantitative estimate of drug-likeness (QED) is 0.905. The molecule has 6 nitrogen and oxygen atoms in total. The molecule has 3 rings (SSSR count). The number of alkyl carbamates (subject to hydrolysis) is 1. The number of benzene rings is 1. The van der Waals surface area contributed by atoms with E-state index in [9.17, 15) is 14.0 Å². The lowest BCUT2D eigenvalue weighted by Gasteiger charge is -2.35. The summed E-state index contributed by atoms with van der Waals surface area (Å²) in [5.41, 5.74) is 0.355. The van der Waals surface area contributed by atoms with Crippen LogP contribution in [0.2, 0.25) is 0 Å². The monoisotopic (exact) mass is 349 g/mol. The van der Waals surface area contributed by atoms with E-state index in [1.165, 1.54) is 6.07 Å². The minimum Gasteiger partial charge on any atom is -0.450 e. The lowest BCUT2D eigenvalue weighted by molar-refractivity contribution is -0.122. The number of halogens is 1. The van der Waals surface area contributed by atoms with E-state index in [0.717, 1.165) is 25.9 Å². The summed E-state index contributed by atoms with van der Waals surface area (Å²) in [5, 5.41) is 2.85. The molecule has 7 heteroatoms. The molecule has 0 spiro atoms. The van der Waals surface area contributed by atoms with Gasteiger partial charge in [0.15, 0.2) is 0 Å². The van der Waals surface area contributed by atoms with Crippen molar-refractivity contribution in [1.82, 2.24) is 10.2 Å². The summed E-state index contributed by atoms with van der Waals surface area (Å²) in [4.78, 5) is 27.9. The normalized spacial score (nSPS) is 22.2. The second-order valence-corrected chi connectivity index (χ2v) is 6.42. The number of hydrogen-bond donors (Lipinski definition) is 1. The van der Waals surface area contributed by atoms with Crippen molar-refractivity contribution in [1.29, 1.82) is 0 Å². The third-order valence-corrected chi connectivity index (χ3v) is 4.89. The van der Waals surface area contributed by atoms with Crippen molar-refractivity contribution in [3.63, 3.8) is 0 Å². The number of amides is 2. The van der Waals surface area contributed by atoms with E-state index in [0.29, 0.717) is 25.3 Å². The molecule has 2 heterocycles. The van der Waals surface area contributed by atoms with Gasteiger partial charge in [-0.2, -0.15) is 0 Å². The van der Waals surface area contributed by atoms with Crippen molar-refractivity contribution in [3.8, 4) is 0 Å². The van der Waals surface area contributed by atoms with Gasteiger partial charge in [-0.25, -0.2) is 9.18 Å². The van der Waals surface area contributed by atoms with Crippen molar-refractivity contribution >= 4 is 17.7 Å². The van der Waals surface area contributed by atoms with Crippen LogP contribution in [0.25, 0.3) is 0 Å². The summed E-state index contributed by atoms with van der Waals surface area (Å²) in [6.45, 7) is 4.13. The first-order chi connectivity index (χ1) is 12.1.